The Bertz CT molecular complexity index is 1460. The number of pyridine rings is 2. The third-order valence-corrected chi connectivity index (χ3v) is 7.26. The highest BCUT2D eigenvalue weighted by atomic mass is 16.4. The number of hydrogen-bond acceptors (Lipinski definition) is 7. The molecule has 2 atom stereocenters. The van der Waals surface area contributed by atoms with Crippen LogP contribution in [-0.4, -0.2) is 58.6 Å². The summed E-state index contributed by atoms with van der Waals surface area (Å²) in [6, 6.07) is 7.86. The lowest BCUT2D eigenvalue weighted by Gasteiger charge is -2.44. The number of nitrogens with zero attached hydrogens (tertiary/aromatic N) is 7. The number of hydrogen-bond donors (Lipinski definition) is 2. The Hall–Kier alpha value is -4.08. The van der Waals surface area contributed by atoms with Crippen LogP contribution in [0.1, 0.15) is 65.0 Å². The zero-order valence-electron chi connectivity index (χ0n) is 22.5. The van der Waals surface area contributed by atoms with Crippen molar-refractivity contribution >= 4 is 28.8 Å². The number of fused-ring (bicyclic) bond motifs is 1. The van der Waals surface area contributed by atoms with Crippen LogP contribution in [0.5, 0.6) is 0 Å². The molecule has 0 aliphatic carbocycles. The quantitative estimate of drug-likeness (QED) is 0.339. The van der Waals surface area contributed by atoms with Gasteiger partial charge in [-0.25, -0.2) is 9.78 Å². The first-order valence-corrected chi connectivity index (χ1v) is 13.0. The Morgan fingerprint density at radius 1 is 1.08 bits per heavy atom. The first-order chi connectivity index (χ1) is 18.1. The minimum absolute atomic E-state index is 0.0743. The van der Waals surface area contributed by atoms with Crippen LogP contribution in [0.25, 0.3) is 22.2 Å². The normalized spacial score (nSPS) is 18.2. The first-order valence-electron chi connectivity index (χ1n) is 13.0. The van der Waals surface area contributed by atoms with Crippen molar-refractivity contribution in [3.63, 3.8) is 0 Å². The van der Waals surface area contributed by atoms with E-state index in [9.17, 15) is 9.90 Å². The SMILES string of the molecule is CC(C)c1cnnc(Nc2ccc3ncc(-c4cnn(C5CCN(C(=O)O)C(C(C)(C)C)C5)c4)cc3n2)c1. The minimum Gasteiger partial charge on any atom is -0.465 e. The van der Waals surface area contributed by atoms with Crippen LogP contribution in [0.3, 0.4) is 0 Å². The number of piperidine rings is 1. The number of carbonyl (C=O) groups is 1. The number of amides is 1. The van der Waals surface area contributed by atoms with Gasteiger partial charge in [0.05, 0.1) is 29.5 Å². The molecule has 0 spiro atoms. The fourth-order valence-corrected chi connectivity index (χ4v) is 5.05. The molecule has 1 amide bonds. The maximum Gasteiger partial charge on any atom is 0.407 e. The Kier molecular flexibility index (Phi) is 6.73. The van der Waals surface area contributed by atoms with Gasteiger partial charge in [0, 0.05) is 36.1 Å². The third-order valence-electron chi connectivity index (χ3n) is 7.26. The summed E-state index contributed by atoms with van der Waals surface area (Å²) in [7, 11) is 0. The van der Waals surface area contributed by atoms with Crippen LogP contribution in [0.4, 0.5) is 16.4 Å². The van der Waals surface area contributed by atoms with E-state index in [1.54, 1.807) is 11.1 Å². The number of aromatic nitrogens is 6. The van der Waals surface area contributed by atoms with Crippen molar-refractivity contribution in [3.8, 4) is 11.1 Å². The molecule has 1 saturated heterocycles. The number of anilines is 2. The largest absolute Gasteiger partial charge is 0.465 e. The molecule has 10 nitrogen and oxygen atoms in total. The zero-order chi connectivity index (χ0) is 27.0. The zero-order valence-corrected chi connectivity index (χ0v) is 22.5. The molecule has 4 aromatic rings. The lowest BCUT2D eigenvalue weighted by molar-refractivity contribution is 0.0408. The maximum atomic E-state index is 11.8. The summed E-state index contributed by atoms with van der Waals surface area (Å²) < 4.78 is 1.98. The van der Waals surface area contributed by atoms with Gasteiger partial charge in [-0.3, -0.25) is 9.67 Å². The summed E-state index contributed by atoms with van der Waals surface area (Å²) in [6.07, 6.45) is 8.08. The van der Waals surface area contributed by atoms with Crippen molar-refractivity contribution in [1.29, 1.82) is 0 Å². The van der Waals surface area contributed by atoms with Crippen molar-refractivity contribution in [3.05, 3.63) is 54.6 Å². The molecular weight excluding hydrogens is 480 g/mol. The molecule has 5 rings (SSSR count). The average molecular weight is 515 g/mol. The minimum atomic E-state index is -0.854. The van der Waals surface area contributed by atoms with Crippen molar-refractivity contribution in [2.24, 2.45) is 5.41 Å². The van der Waals surface area contributed by atoms with Gasteiger partial charge in [-0.15, -0.1) is 5.10 Å². The first kappa shape index (κ1) is 25.6. The smallest absolute Gasteiger partial charge is 0.407 e. The van der Waals surface area contributed by atoms with Crippen LogP contribution >= 0.6 is 0 Å². The van der Waals surface area contributed by atoms with Gasteiger partial charge in [0.15, 0.2) is 5.82 Å². The number of likely N-dealkylation sites (tertiary alicyclic amines) is 1. The monoisotopic (exact) mass is 514 g/mol. The maximum absolute atomic E-state index is 11.8. The molecule has 1 fully saturated rings. The lowest BCUT2D eigenvalue weighted by atomic mass is 9.79. The van der Waals surface area contributed by atoms with Crippen molar-refractivity contribution in [1.82, 2.24) is 34.8 Å². The second-order valence-corrected chi connectivity index (χ2v) is 11.4. The van der Waals surface area contributed by atoms with Crippen LogP contribution in [0.2, 0.25) is 0 Å². The van der Waals surface area contributed by atoms with Gasteiger partial charge in [-0.2, -0.15) is 10.2 Å². The summed E-state index contributed by atoms with van der Waals surface area (Å²) in [5, 5.41) is 25.9. The van der Waals surface area contributed by atoms with Crippen LogP contribution in [0.15, 0.2) is 49.1 Å². The van der Waals surface area contributed by atoms with Gasteiger partial charge < -0.3 is 15.3 Å². The highest BCUT2D eigenvalue weighted by molar-refractivity contribution is 5.81. The predicted molar refractivity (Wildman–Crippen MR) is 146 cm³/mol. The summed E-state index contributed by atoms with van der Waals surface area (Å²) >= 11 is 0. The molecular formula is C28H34N8O2. The highest BCUT2D eigenvalue weighted by Gasteiger charge is 2.39. The summed E-state index contributed by atoms with van der Waals surface area (Å²) in [5.74, 6) is 1.67. The molecule has 0 saturated carbocycles. The van der Waals surface area contributed by atoms with E-state index < -0.39 is 6.09 Å². The van der Waals surface area contributed by atoms with Crippen LogP contribution < -0.4 is 5.32 Å². The molecule has 38 heavy (non-hydrogen) atoms. The van der Waals surface area contributed by atoms with E-state index in [-0.39, 0.29) is 17.5 Å². The molecule has 10 heteroatoms. The van der Waals surface area contributed by atoms with Gasteiger partial charge in [0.2, 0.25) is 0 Å². The van der Waals surface area contributed by atoms with Gasteiger partial charge in [0.1, 0.15) is 5.82 Å². The van der Waals surface area contributed by atoms with Gasteiger partial charge in [0.25, 0.3) is 0 Å². The summed E-state index contributed by atoms with van der Waals surface area (Å²) in [4.78, 5) is 22.7. The summed E-state index contributed by atoms with van der Waals surface area (Å²) in [5.41, 5.74) is 4.37. The molecule has 2 unspecified atom stereocenters. The van der Waals surface area contributed by atoms with Crippen molar-refractivity contribution in [2.75, 3.05) is 11.9 Å². The van der Waals surface area contributed by atoms with Crippen LogP contribution in [-0.2, 0) is 0 Å². The van der Waals surface area contributed by atoms with E-state index >= 15 is 0 Å². The third kappa shape index (κ3) is 5.29. The topological polar surface area (TPSA) is 122 Å². The second-order valence-electron chi connectivity index (χ2n) is 11.4. The summed E-state index contributed by atoms with van der Waals surface area (Å²) in [6.45, 7) is 11.0. The molecule has 1 aliphatic heterocycles. The van der Waals surface area contributed by atoms with Gasteiger partial charge in [-0.1, -0.05) is 34.6 Å². The standard InChI is InChI=1S/C28H34N8O2/c1-17(2)18-11-26(34-30-14-18)33-25-7-6-22-23(32-25)10-19(13-29-22)20-15-31-36(16-20)21-8-9-35(27(37)38)24(12-21)28(3,4)5/h6-7,10-11,13-17,21,24H,8-9,12H2,1-5H3,(H,37,38)(H,32,33,34). The van der Waals surface area contributed by atoms with E-state index in [4.69, 9.17) is 4.98 Å². The number of rotatable bonds is 5. The van der Waals surface area contributed by atoms with E-state index in [1.807, 2.05) is 47.5 Å². The van der Waals surface area contributed by atoms with Gasteiger partial charge >= 0.3 is 6.09 Å². The predicted octanol–water partition coefficient (Wildman–Crippen LogP) is 5.88. The Labute approximate surface area is 222 Å². The van der Waals surface area contributed by atoms with Crippen LogP contribution in [0, 0.1) is 5.41 Å². The molecule has 2 N–H and O–H groups in total. The molecule has 198 valence electrons. The molecule has 4 aromatic heterocycles. The van der Waals surface area contributed by atoms with Crippen molar-refractivity contribution < 1.29 is 9.90 Å². The molecule has 5 heterocycles. The van der Waals surface area contributed by atoms with E-state index in [1.165, 1.54) is 0 Å². The Morgan fingerprint density at radius 3 is 2.63 bits per heavy atom. The van der Waals surface area contributed by atoms with Crippen molar-refractivity contribution in [2.45, 2.75) is 65.5 Å². The Balaban J connectivity index is 1.37. The Morgan fingerprint density at radius 2 is 1.89 bits per heavy atom. The molecule has 1 aliphatic rings. The highest BCUT2D eigenvalue weighted by Crippen LogP contribution is 2.37. The number of carboxylic acid groups (broad SMARTS) is 1. The molecule has 0 bridgehead atoms. The second kappa shape index (κ2) is 10.00. The lowest BCUT2D eigenvalue weighted by Crippen LogP contribution is -2.51. The van der Waals surface area contributed by atoms with E-state index in [2.05, 4.69) is 60.2 Å². The molecule has 0 radical (unpaired) electrons. The number of nitrogens with one attached hydrogen (secondary N) is 1. The van der Waals surface area contributed by atoms with E-state index in [0.717, 1.165) is 40.6 Å². The molecule has 0 aromatic carbocycles. The fraction of sp³-hybridized carbons (Fsp3) is 0.429. The van der Waals surface area contributed by atoms with Gasteiger partial charge in [-0.05, 0) is 54.0 Å². The fourth-order valence-electron chi connectivity index (χ4n) is 5.05. The van der Waals surface area contributed by atoms with E-state index in [0.29, 0.717) is 24.1 Å². The average Bonchev–Trinajstić information content (AvgIpc) is 3.38.